The van der Waals surface area contributed by atoms with E-state index in [4.69, 9.17) is 49.6 Å². The Hall–Kier alpha value is -7.95. The predicted molar refractivity (Wildman–Crippen MR) is 347 cm³/mol. The summed E-state index contributed by atoms with van der Waals surface area (Å²) in [5.41, 5.74) is 41.8. The van der Waals surface area contributed by atoms with Gasteiger partial charge in [-0.3, -0.25) is 62.3 Å². The lowest BCUT2D eigenvalue weighted by atomic mass is 10.00. The van der Waals surface area contributed by atoms with Gasteiger partial charge in [0.2, 0.25) is 65.0 Å². The van der Waals surface area contributed by atoms with Crippen LogP contribution in [0.3, 0.4) is 0 Å². The van der Waals surface area contributed by atoms with E-state index in [2.05, 4.69) is 58.5 Å². The molecule has 0 saturated carbocycles. The van der Waals surface area contributed by atoms with Gasteiger partial charge in [-0.15, -0.1) is 0 Å². The van der Waals surface area contributed by atoms with Crippen molar-refractivity contribution < 1.29 is 71.8 Å². The van der Waals surface area contributed by atoms with Crippen LogP contribution in [0.5, 0.6) is 0 Å². The number of nitrogens with one attached hydrogen (secondary N) is 11. The molecular weight excluding hydrogens is 1220 g/mol. The van der Waals surface area contributed by atoms with Gasteiger partial charge < -0.3 is 108 Å². The van der Waals surface area contributed by atoms with Gasteiger partial charge in [0.25, 0.3) is 0 Å². The van der Waals surface area contributed by atoms with Gasteiger partial charge in [0.15, 0.2) is 0 Å². The summed E-state index contributed by atoms with van der Waals surface area (Å²) < 4.78 is 10.9. The smallest absolute Gasteiger partial charge is 0.322 e. The molecule has 1 aliphatic heterocycles. The molecule has 11 amide bonds. The number of amides is 11. The van der Waals surface area contributed by atoms with Crippen molar-refractivity contribution in [3.8, 4) is 0 Å². The van der Waals surface area contributed by atoms with Crippen molar-refractivity contribution in [3.63, 3.8) is 0 Å². The fraction of sp³-hybridized carbons (Fsp3) is 0.689. The number of carbonyl (C=O) groups is 13. The van der Waals surface area contributed by atoms with Crippen molar-refractivity contribution in [1.82, 2.24) is 58.5 Å². The molecule has 94 heavy (non-hydrogen) atoms. The number of esters is 2. The Morgan fingerprint density at radius 3 is 1.50 bits per heavy atom. The van der Waals surface area contributed by atoms with E-state index >= 15 is 0 Å². The predicted octanol–water partition coefficient (Wildman–Crippen LogP) is -5.84. The highest BCUT2D eigenvalue weighted by Gasteiger charge is 2.39. The standard InChI is InChI=1S/C61H106N18O15/c1-32(2)14-12-13-17-47(80)70-39(18-24-62)54(85)79-49(37(8)94-61(92)35(6)68)59(90)75-42(21-27-65)51(82)74-44-23-29-69-58(89)48(36(7)93-60(91)34(5)67)78-55(86)43(22-28-66)72-50(81)40(19-25-63)73-56(87)45(30-33(3)4)76-57(88)46(31-38-15-10-9-11-16-38)77-52(83)41(20-26-64)71-53(44)84/h9-11,15-16,32-37,39-46,48-49H,12-14,17-31,62-68H2,1-8H3,(H,69,89)(H,70,80)(H,71,84)(H,72,81)(H,73,87)(H,74,82)(H,75,90)(H,76,88)(H,77,83)(H,78,86)(H,79,85)/t34-,35-,36+,37+,39-,40-,41-,42-,43-,44-,45-,46+,48-,49-/m0/s1. The number of nitrogens with two attached hydrogens (primary N) is 7. The van der Waals surface area contributed by atoms with Crippen LogP contribution in [0.15, 0.2) is 30.3 Å². The largest absolute Gasteiger partial charge is 0.459 e. The fourth-order valence-corrected chi connectivity index (χ4v) is 9.67. The van der Waals surface area contributed by atoms with E-state index in [-0.39, 0.29) is 90.0 Å². The molecule has 14 atom stereocenters. The van der Waals surface area contributed by atoms with Crippen LogP contribution in [0.1, 0.15) is 132 Å². The molecule has 1 saturated heterocycles. The third-order valence-electron chi connectivity index (χ3n) is 15.0. The molecule has 0 aliphatic carbocycles. The first-order chi connectivity index (χ1) is 44.4. The second-order valence-corrected chi connectivity index (χ2v) is 24.3. The van der Waals surface area contributed by atoms with Gasteiger partial charge in [-0.25, -0.2) is 0 Å². The Morgan fingerprint density at radius 1 is 0.511 bits per heavy atom. The summed E-state index contributed by atoms with van der Waals surface area (Å²) in [7, 11) is 0. The first kappa shape index (κ1) is 82.1. The van der Waals surface area contributed by atoms with Crippen LogP contribution in [0.25, 0.3) is 0 Å². The second-order valence-electron chi connectivity index (χ2n) is 24.3. The van der Waals surface area contributed by atoms with Crippen molar-refractivity contribution in [2.75, 3.05) is 39.3 Å². The number of rotatable bonds is 32. The van der Waals surface area contributed by atoms with Gasteiger partial charge in [0.05, 0.1) is 0 Å². The van der Waals surface area contributed by atoms with Crippen LogP contribution in [-0.2, 0) is 78.2 Å². The summed E-state index contributed by atoms with van der Waals surface area (Å²) in [5, 5.41) is 28.3. The highest BCUT2D eigenvalue weighted by molar-refractivity contribution is 5.99. The van der Waals surface area contributed by atoms with E-state index in [0.717, 1.165) is 12.8 Å². The van der Waals surface area contributed by atoms with Crippen molar-refractivity contribution in [2.24, 2.45) is 52.0 Å². The quantitative estimate of drug-likeness (QED) is 0.0236. The zero-order chi connectivity index (χ0) is 70.8. The molecular formula is C61H106N18O15. The Labute approximate surface area is 549 Å². The molecule has 1 aromatic carbocycles. The number of unbranched alkanes of at least 4 members (excludes halogenated alkanes) is 1. The van der Waals surface area contributed by atoms with E-state index in [1.165, 1.54) is 27.7 Å². The molecule has 1 aliphatic rings. The fourth-order valence-electron chi connectivity index (χ4n) is 9.67. The first-order valence-corrected chi connectivity index (χ1v) is 32.2. The molecule has 1 fully saturated rings. The van der Waals surface area contributed by atoms with Crippen molar-refractivity contribution >= 4 is 76.9 Å². The molecule has 25 N–H and O–H groups in total. The second kappa shape index (κ2) is 43.1. The van der Waals surface area contributed by atoms with Gasteiger partial charge >= 0.3 is 11.9 Å². The van der Waals surface area contributed by atoms with Gasteiger partial charge in [-0.05, 0) is 129 Å². The number of hydrogen-bond donors (Lipinski definition) is 18. The minimum absolute atomic E-state index is 0.0119. The van der Waals surface area contributed by atoms with E-state index in [0.29, 0.717) is 17.9 Å². The summed E-state index contributed by atoms with van der Waals surface area (Å²) >= 11 is 0. The zero-order valence-corrected chi connectivity index (χ0v) is 55.5. The summed E-state index contributed by atoms with van der Waals surface area (Å²) in [5.74, 6) is -12.1. The third kappa shape index (κ3) is 29.6. The first-order valence-electron chi connectivity index (χ1n) is 32.2. The molecule has 33 nitrogen and oxygen atoms in total. The van der Waals surface area contributed by atoms with E-state index in [1.54, 1.807) is 44.2 Å². The topological polar surface area (TPSA) is 555 Å². The molecule has 0 aromatic heterocycles. The molecule has 2 rings (SSSR count). The van der Waals surface area contributed by atoms with Gasteiger partial charge in [-0.1, -0.05) is 70.9 Å². The lowest BCUT2D eigenvalue weighted by Crippen LogP contribution is -2.62. The van der Waals surface area contributed by atoms with Crippen LogP contribution in [0, 0.1) is 11.8 Å². The Bertz CT molecular complexity index is 2650. The lowest BCUT2D eigenvalue weighted by molar-refractivity contribution is -0.154. The minimum Gasteiger partial charge on any atom is -0.459 e. The van der Waals surface area contributed by atoms with Crippen molar-refractivity contribution in [3.05, 3.63) is 35.9 Å². The lowest BCUT2D eigenvalue weighted by Gasteiger charge is -2.30. The third-order valence-corrected chi connectivity index (χ3v) is 15.0. The molecule has 33 heteroatoms. The van der Waals surface area contributed by atoms with Crippen LogP contribution >= 0.6 is 0 Å². The Balaban J connectivity index is 2.87. The summed E-state index contributed by atoms with van der Waals surface area (Å²) in [4.78, 5) is 183. The molecule has 0 spiro atoms. The van der Waals surface area contributed by atoms with Crippen molar-refractivity contribution in [1.29, 1.82) is 0 Å². The average Bonchev–Trinajstić information content (AvgIpc) is 1.62. The van der Waals surface area contributed by atoms with Crippen LogP contribution < -0.4 is 98.6 Å². The maximum atomic E-state index is 14.8. The maximum absolute atomic E-state index is 14.8. The van der Waals surface area contributed by atoms with E-state index in [1.807, 2.05) is 13.8 Å². The molecule has 0 bridgehead atoms. The Kier molecular flexibility index (Phi) is 37.7. The number of carbonyl (C=O) groups excluding carboxylic acids is 13. The van der Waals surface area contributed by atoms with Gasteiger partial charge in [-0.2, -0.15) is 0 Å². The summed E-state index contributed by atoms with van der Waals surface area (Å²) in [6, 6.07) is -9.43. The highest BCUT2D eigenvalue weighted by atomic mass is 16.6. The van der Waals surface area contributed by atoms with Gasteiger partial charge in [0, 0.05) is 19.4 Å². The van der Waals surface area contributed by atoms with Crippen LogP contribution in [0.4, 0.5) is 0 Å². The number of hydrogen-bond acceptors (Lipinski definition) is 22. The number of benzene rings is 1. The number of ether oxygens (including phenoxy) is 2. The maximum Gasteiger partial charge on any atom is 0.322 e. The minimum atomic E-state index is -1.78. The molecule has 1 heterocycles. The molecule has 530 valence electrons. The van der Waals surface area contributed by atoms with Crippen LogP contribution in [0.2, 0.25) is 0 Å². The highest BCUT2D eigenvalue weighted by Crippen LogP contribution is 2.14. The van der Waals surface area contributed by atoms with E-state index in [9.17, 15) is 62.3 Å². The SMILES string of the molecule is CC(C)CCCCC(=O)N[C@@H](CCN)C(=O)N[C@H](C(=O)N[C@@H](CCN)C(=O)N[C@H]1CCNC(=O)[C@H]([C@@H](C)OC(=O)[C@H](C)N)NC(=O)[C@H](CCN)NC(=O)[C@H](CCN)NC(=O)[C@H](CC(C)C)NC(=O)[C@@H](Cc2ccccc2)NC(=O)[C@H](CCN)NC1=O)[C@@H](C)OC(=O)[C@H](C)N. The summed E-state index contributed by atoms with van der Waals surface area (Å²) in [6.45, 7) is 11.3. The molecule has 0 unspecified atom stereocenters. The molecule has 0 radical (unpaired) electrons. The Morgan fingerprint density at radius 2 is 0.989 bits per heavy atom. The van der Waals surface area contributed by atoms with Crippen molar-refractivity contribution in [2.45, 2.75) is 217 Å². The molecule has 1 aromatic rings. The van der Waals surface area contributed by atoms with E-state index < -0.39 is 175 Å². The van der Waals surface area contributed by atoms with Crippen LogP contribution in [-0.4, -0.2) is 201 Å². The average molecular weight is 1330 g/mol. The zero-order valence-electron chi connectivity index (χ0n) is 55.5. The monoisotopic (exact) mass is 1330 g/mol. The normalized spacial score (nSPS) is 22.1. The summed E-state index contributed by atoms with van der Waals surface area (Å²) in [6.07, 6.45) is -2.52. The van der Waals surface area contributed by atoms with Gasteiger partial charge in [0.1, 0.15) is 84.7 Å².